The molecule has 0 spiro atoms. The van der Waals surface area contributed by atoms with Gasteiger partial charge in [0.25, 0.3) is 0 Å². The Kier molecular flexibility index (Phi) is 5.36. The molecule has 2 heterocycles. The number of morpholine rings is 1. The van der Waals surface area contributed by atoms with Crippen LogP contribution in [0.1, 0.15) is 31.9 Å². The van der Waals surface area contributed by atoms with E-state index >= 15 is 0 Å². The molecule has 2 rings (SSSR count). The number of hydrogen-bond donors (Lipinski definition) is 1. The first-order chi connectivity index (χ1) is 9.24. The molecule has 0 radical (unpaired) electrons. The van der Waals surface area contributed by atoms with Gasteiger partial charge in [-0.1, -0.05) is 6.92 Å². The van der Waals surface area contributed by atoms with Crippen LogP contribution in [-0.2, 0) is 11.3 Å². The Hall–Kier alpha value is -0.910. The van der Waals surface area contributed by atoms with Gasteiger partial charge in [-0.15, -0.1) is 0 Å². The minimum Gasteiger partial charge on any atom is -0.374 e. The van der Waals surface area contributed by atoms with Gasteiger partial charge in [0.2, 0.25) is 0 Å². The molecule has 5 nitrogen and oxygen atoms in total. The van der Waals surface area contributed by atoms with Crippen LogP contribution >= 0.6 is 0 Å². The summed E-state index contributed by atoms with van der Waals surface area (Å²) < 4.78 is 7.94. The lowest BCUT2D eigenvalue weighted by molar-refractivity contribution is -0.0392. The second-order valence-electron chi connectivity index (χ2n) is 5.23. The minimum atomic E-state index is 0.208. The Balaban J connectivity index is 2.09. The van der Waals surface area contributed by atoms with Gasteiger partial charge in [0.1, 0.15) is 0 Å². The van der Waals surface area contributed by atoms with Crippen molar-refractivity contribution in [1.82, 2.24) is 20.0 Å². The van der Waals surface area contributed by atoms with Crippen molar-refractivity contribution in [3.63, 3.8) is 0 Å². The highest BCUT2D eigenvalue weighted by Crippen LogP contribution is 2.22. The van der Waals surface area contributed by atoms with Crippen molar-refractivity contribution in [3.8, 4) is 0 Å². The van der Waals surface area contributed by atoms with Crippen molar-refractivity contribution in [1.29, 1.82) is 0 Å². The van der Waals surface area contributed by atoms with Crippen molar-refractivity contribution in [2.45, 2.75) is 39.0 Å². The van der Waals surface area contributed by atoms with Gasteiger partial charge in [-0.25, -0.2) is 0 Å². The summed E-state index contributed by atoms with van der Waals surface area (Å²) in [6.45, 7) is 9.01. The highest BCUT2D eigenvalue weighted by atomic mass is 16.5. The van der Waals surface area contributed by atoms with Gasteiger partial charge in [-0.05, 0) is 26.9 Å². The Morgan fingerprint density at radius 1 is 1.53 bits per heavy atom. The van der Waals surface area contributed by atoms with E-state index in [1.165, 1.54) is 5.56 Å². The molecular weight excluding hydrogens is 240 g/mol. The van der Waals surface area contributed by atoms with Crippen LogP contribution in [0.3, 0.4) is 0 Å². The Bertz CT molecular complexity index is 379. The zero-order valence-corrected chi connectivity index (χ0v) is 12.3. The third-order valence-electron chi connectivity index (χ3n) is 3.62. The summed E-state index contributed by atoms with van der Waals surface area (Å²) in [6.07, 6.45) is 5.43. The molecule has 0 aromatic carbocycles. The number of rotatable bonds is 6. The van der Waals surface area contributed by atoms with Gasteiger partial charge in [-0.2, -0.15) is 5.10 Å². The molecule has 1 saturated heterocycles. The normalized spacial score (nSPS) is 22.6. The number of ether oxygens (including phenoxy) is 1. The fraction of sp³-hybridized carbons (Fsp3) is 0.786. The van der Waals surface area contributed by atoms with Gasteiger partial charge in [0.15, 0.2) is 0 Å². The van der Waals surface area contributed by atoms with Gasteiger partial charge in [-0.3, -0.25) is 4.68 Å². The maximum atomic E-state index is 5.96. The summed E-state index contributed by atoms with van der Waals surface area (Å²) in [4.78, 5) is 2.33. The van der Waals surface area contributed by atoms with Gasteiger partial charge in [0, 0.05) is 31.4 Å². The molecular formula is C14H26N4O. The lowest BCUT2D eigenvalue weighted by Crippen LogP contribution is -2.46. The number of aryl methyl sites for hydroxylation is 1. The van der Waals surface area contributed by atoms with Gasteiger partial charge < -0.3 is 15.0 Å². The number of hydrogen-bond acceptors (Lipinski definition) is 4. The fourth-order valence-electron chi connectivity index (χ4n) is 2.49. The average molecular weight is 266 g/mol. The highest BCUT2D eigenvalue weighted by molar-refractivity contribution is 5.13. The van der Waals surface area contributed by atoms with E-state index in [1.807, 2.05) is 10.9 Å². The number of aromatic nitrogens is 2. The molecule has 1 aliphatic heterocycles. The van der Waals surface area contributed by atoms with Crippen LogP contribution in [-0.4, -0.2) is 54.1 Å². The standard InChI is InChI=1S/C14H26N4O/c1-4-6-15-14(12-9-16-18(5-2)10-12)13-11-17(3)7-8-19-13/h9-10,13-15H,4-8,11H2,1-3H3. The Morgan fingerprint density at radius 2 is 2.37 bits per heavy atom. The van der Waals surface area contributed by atoms with Crippen LogP contribution in [0.5, 0.6) is 0 Å². The molecule has 1 aromatic rings. The third-order valence-corrected chi connectivity index (χ3v) is 3.62. The molecule has 19 heavy (non-hydrogen) atoms. The zero-order chi connectivity index (χ0) is 13.7. The van der Waals surface area contributed by atoms with Crippen LogP contribution < -0.4 is 5.32 Å². The second-order valence-corrected chi connectivity index (χ2v) is 5.23. The van der Waals surface area contributed by atoms with Crippen LogP contribution in [0.2, 0.25) is 0 Å². The van der Waals surface area contributed by atoms with E-state index < -0.39 is 0 Å². The summed E-state index contributed by atoms with van der Waals surface area (Å²) in [7, 11) is 2.15. The van der Waals surface area contributed by atoms with E-state index in [2.05, 4.69) is 42.4 Å². The van der Waals surface area contributed by atoms with E-state index in [4.69, 9.17) is 4.74 Å². The maximum Gasteiger partial charge on any atom is 0.0897 e. The smallest absolute Gasteiger partial charge is 0.0897 e. The highest BCUT2D eigenvalue weighted by Gasteiger charge is 2.28. The van der Waals surface area contributed by atoms with Gasteiger partial charge in [0.05, 0.1) is 24.9 Å². The largest absolute Gasteiger partial charge is 0.374 e. The Morgan fingerprint density at radius 3 is 3.00 bits per heavy atom. The maximum absolute atomic E-state index is 5.96. The first kappa shape index (κ1) is 14.5. The van der Waals surface area contributed by atoms with Crippen molar-refractivity contribution < 1.29 is 4.74 Å². The molecule has 1 fully saturated rings. The topological polar surface area (TPSA) is 42.3 Å². The SMILES string of the molecule is CCCNC(c1cnn(CC)c1)C1CN(C)CCO1. The summed E-state index contributed by atoms with van der Waals surface area (Å²) in [5.74, 6) is 0. The van der Waals surface area contributed by atoms with Crippen molar-refractivity contribution in [2.24, 2.45) is 0 Å². The summed E-state index contributed by atoms with van der Waals surface area (Å²) in [5, 5.41) is 7.99. The van der Waals surface area contributed by atoms with E-state index in [9.17, 15) is 0 Å². The zero-order valence-electron chi connectivity index (χ0n) is 12.3. The van der Waals surface area contributed by atoms with Crippen molar-refractivity contribution in [2.75, 3.05) is 33.3 Å². The van der Waals surface area contributed by atoms with Crippen molar-refractivity contribution >= 4 is 0 Å². The molecule has 0 saturated carbocycles. The molecule has 0 bridgehead atoms. The van der Waals surface area contributed by atoms with E-state index in [0.717, 1.165) is 39.2 Å². The summed E-state index contributed by atoms with van der Waals surface area (Å²) >= 11 is 0. The fourth-order valence-corrected chi connectivity index (χ4v) is 2.49. The van der Waals surface area contributed by atoms with Crippen LogP contribution in [0.15, 0.2) is 12.4 Å². The van der Waals surface area contributed by atoms with Crippen LogP contribution in [0.25, 0.3) is 0 Å². The molecule has 2 unspecified atom stereocenters. The first-order valence-electron chi connectivity index (χ1n) is 7.30. The molecule has 5 heteroatoms. The van der Waals surface area contributed by atoms with Crippen LogP contribution in [0.4, 0.5) is 0 Å². The van der Waals surface area contributed by atoms with E-state index in [-0.39, 0.29) is 12.1 Å². The van der Waals surface area contributed by atoms with E-state index in [1.54, 1.807) is 0 Å². The first-order valence-corrected chi connectivity index (χ1v) is 7.30. The molecule has 2 atom stereocenters. The average Bonchev–Trinajstić information content (AvgIpc) is 2.88. The second kappa shape index (κ2) is 7.03. The van der Waals surface area contributed by atoms with E-state index in [0.29, 0.717) is 0 Å². The number of likely N-dealkylation sites (N-methyl/N-ethyl adjacent to an activating group) is 1. The Labute approximate surface area is 115 Å². The minimum absolute atomic E-state index is 0.208. The summed E-state index contributed by atoms with van der Waals surface area (Å²) in [6, 6.07) is 0.239. The molecule has 0 aliphatic carbocycles. The number of nitrogens with zero attached hydrogens (tertiary/aromatic N) is 3. The molecule has 1 N–H and O–H groups in total. The quantitative estimate of drug-likeness (QED) is 0.842. The molecule has 1 aliphatic rings. The van der Waals surface area contributed by atoms with Crippen LogP contribution in [0, 0.1) is 0 Å². The number of nitrogens with one attached hydrogen (secondary N) is 1. The predicted molar refractivity (Wildman–Crippen MR) is 76.2 cm³/mol. The molecule has 108 valence electrons. The third kappa shape index (κ3) is 3.78. The molecule has 0 amide bonds. The van der Waals surface area contributed by atoms with Crippen molar-refractivity contribution in [3.05, 3.63) is 18.0 Å². The van der Waals surface area contributed by atoms with Gasteiger partial charge >= 0.3 is 0 Å². The molecule has 1 aromatic heterocycles. The monoisotopic (exact) mass is 266 g/mol. The lowest BCUT2D eigenvalue weighted by Gasteiger charge is -2.35. The predicted octanol–water partition coefficient (Wildman–Crippen LogP) is 1.27. The summed E-state index contributed by atoms with van der Waals surface area (Å²) in [5.41, 5.74) is 1.23. The lowest BCUT2D eigenvalue weighted by atomic mass is 10.0.